The van der Waals surface area contributed by atoms with Gasteiger partial charge in [0.25, 0.3) is 0 Å². The number of esters is 1. The first kappa shape index (κ1) is 25.3. The van der Waals surface area contributed by atoms with Gasteiger partial charge in [-0.1, -0.05) is 17.7 Å². The van der Waals surface area contributed by atoms with Crippen molar-refractivity contribution < 1.29 is 31.6 Å². The lowest BCUT2D eigenvalue weighted by atomic mass is 10.1. The van der Waals surface area contributed by atoms with E-state index >= 15 is 0 Å². The number of ether oxygens (including phenoxy) is 2. The Morgan fingerprint density at radius 3 is 2.53 bits per heavy atom. The molecule has 11 heteroatoms. The Kier molecular flexibility index (Phi) is 8.37. The van der Waals surface area contributed by atoms with Crippen molar-refractivity contribution >= 4 is 34.0 Å². The van der Waals surface area contributed by atoms with Gasteiger partial charge in [0.15, 0.2) is 12.8 Å². The van der Waals surface area contributed by atoms with Crippen molar-refractivity contribution in [3.8, 4) is 0 Å². The number of aromatic nitrogens is 2. The molecule has 0 spiro atoms. The van der Waals surface area contributed by atoms with E-state index in [0.717, 1.165) is 12.3 Å². The standard InChI is InChI=1S/C21H24F3N3O4S/c1-13(14(2)19(9-10-25)30-12-21(22,23)24)11-32(29)20-26-17-7-5-6-8-18(17)27(20)15(3)31-16(4)28/h5-10,15,25H,11-12H2,1-4H3/b14-13+,19-9+,25-10?. The molecule has 7 nitrogen and oxygen atoms in total. The van der Waals surface area contributed by atoms with Crippen LogP contribution in [0.2, 0.25) is 0 Å². The molecule has 2 rings (SSSR count). The molecule has 2 aromatic rings. The van der Waals surface area contributed by atoms with Crippen molar-refractivity contribution in [2.45, 2.75) is 45.3 Å². The van der Waals surface area contributed by atoms with Gasteiger partial charge in [-0.05, 0) is 44.6 Å². The Labute approximate surface area is 185 Å². The molecule has 0 bridgehead atoms. The SMILES string of the molecule is CC(=O)OC(C)n1c(S(=O)C/C(C)=C(C)/C(=C\C=N)OCC(F)(F)F)nc2ccccc21. The van der Waals surface area contributed by atoms with Crippen LogP contribution < -0.4 is 0 Å². The lowest BCUT2D eigenvalue weighted by Gasteiger charge is -2.18. The number of imidazole rings is 1. The zero-order valence-corrected chi connectivity index (χ0v) is 18.8. The highest BCUT2D eigenvalue weighted by Gasteiger charge is 2.29. The van der Waals surface area contributed by atoms with Gasteiger partial charge in [0.1, 0.15) is 5.76 Å². The molecule has 0 saturated carbocycles. The van der Waals surface area contributed by atoms with Crippen LogP contribution in [0.5, 0.6) is 0 Å². The zero-order chi connectivity index (χ0) is 24.1. The first-order valence-electron chi connectivity index (χ1n) is 9.54. The summed E-state index contributed by atoms with van der Waals surface area (Å²) >= 11 is 0. The number of nitrogens with one attached hydrogen (secondary N) is 1. The summed E-state index contributed by atoms with van der Waals surface area (Å²) in [6.45, 7) is 4.53. The van der Waals surface area contributed by atoms with E-state index in [1.54, 1.807) is 42.7 Å². The molecule has 174 valence electrons. The van der Waals surface area contributed by atoms with Crippen LogP contribution in [0.4, 0.5) is 13.2 Å². The lowest BCUT2D eigenvalue weighted by Crippen LogP contribution is -2.18. The van der Waals surface area contributed by atoms with Crippen molar-refractivity contribution in [1.82, 2.24) is 9.55 Å². The lowest BCUT2D eigenvalue weighted by molar-refractivity contribution is -0.164. The number of carbonyl (C=O) groups excluding carboxylic acids is 1. The zero-order valence-electron chi connectivity index (χ0n) is 18.0. The van der Waals surface area contributed by atoms with Gasteiger partial charge in [0, 0.05) is 13.1 Å². The smallest absolute Gasteiger partial charge is 0.422 e. The summed E-state index contributed by atoms with van der Waals surface area (Å²) in [6, 6.07) is 7.03. The van der Waals surface area contributed by atoms with Gasteiger partial charge in [-0.15, -0.1) is 0 Å². The first-order chi connectivity index (χ1) is 14.9. The predicted octanol–water partition coefficient (Wildman–Crippen LogP) is 4.67. The molecule has 0 aliphatic heterocycles. The van der Waals surface area contributed by atoms with Crippen molar-refractivity contribution in [2.24, 2.45) is 0 Å². The average molecular weight is 472 g/mol. The number of allylic oxidation sites excluding steroid dienone is 2. The van der Waals surface area contributed by atoms with E-state index in [4.69, 9.17) is 14.9 Å². The average Bonchev–Trinajstić information content (AvgIpc) is 3.09. The van der Waals surface area contributed by atoms with Gasteiger partial charge in [-0.2, -0.15) is 13.2 Å². The van der Waals surface area contributed by atoms with E-state index in [1.807, 2.05) is 0 Å². The van der Waals surface area contributed by atoms with Crippen LogP contribution in [-0.4, -0.2) is 44.5 Å². The predicted molar refractivity (Wildman–Crippen MR) is 115 cm³/mol. The Bertz CT molecular complexity index is 1090. The van der Waals surface area contributed by atoms with Crippen LogP contribution in [0.15, 0.2) is 52.4 Å². The summed E-state index contributed by atoms with van der Waals surface area (Å²) in [5.74, 6) is -0.692. The number of rotatable bonds is 9. The fourth-order valence-corrected chi connectivity index (χ4v) is 4.33. The minimum Gasteiger partial charge on any atom is -0.484 e. The topological polar surface area (TPSA) is 94.3 Å². The molecule has 0 amide bonds. The number of halogens is 3. The molecular weight excluding hydrogens is 447 g/mol. The highest BCUT2D eigenvalue weighted by molar-refractivity contribution is 7.85. The molecule has 0 saturated heterocycles. The van der Waals surface area contributed by atoms with Gasteiger partial charge in [-0.3, -0.25) is 13.6 Å². The van der Waals surface area contributed by atoms with E-state index in [2.05, 4.69) is 4.98 Å². The highest BCUT2D eigenvalue weighted by atomic mass is 32.2. The van der Waals surface area contributed by atoms with E-state index in [1.165, 1.54) is 13.8 Å². The number of benzene rings is 1. The molecule has 2 unspecified atom stereocenters. The summed E-state index contributed by atoms with van der Waals surface area (Å²) in [4.78, 5) is 15.9. The Morgan fingerprint density at radius 2 is 1.94 bits per heavy atom. The van der Waals surface area contributed by atoms with Crippen LogP contribution in [0.3, 0.4) is 0 Å². The fraction of sp³-hybridized carbons (Fsp3) is 0.381. The normalized spacial score (nSPS) is 15.2. The van der Waals surface area contributed by atoms with Gasteiger partial charge < -0.3 is 14.9 Å². The third-order valence-corrected chi connectivity index (χ3v) is 5.84. The maximum absolute atomic E-state index is 13.2. The molecule has 0 aliphatic rings. The number of hydrogen-bond acceptors (Lipinski definition) is 6. The Morgan fingerprint density at radius 1 is 1.28 bits per heavy atom. The number of carbonyl (C=O) groups is 1. The van der Waals surface area contributed by atoms with Gasteiger partial charge in [0.05, 0.1) is 27.6 Å². The van der Waals surface area contributed by atoms with Crippen molar-refractivity contribution in [3.63, 3.8) is 0 Å². The molecule has 1 aromatic carbocycles. The van der Waals surface area contributed by atoms with Crippen LogP contribution >= 0.6 is 0 Å². The van der Waals surface area contributed by atoms with Gasteiger partial charge >= 0.3 is 12.1 Å². The summed E-state index contributed by atoms with van der Waals surface area (Å²) in [5, 5.41) is 7.34. The first-order valence-corrected chi connectivity index (χ1v) is 10.9. The highest BCUT2D eigenvalue weighted by Crippen LogP contribution is 2.26. The number of alkyl halides is 3. The molecular formula is C21H24F3N3O4S. The Hall–Kier alpha value is -2.95. The van der Waals surface area contributed by atoms with E-state index in [-0.39, 0.29) is 16.7 Å². The Balaban J connectivity index is 2.39. The van der Waals surface area contributed by atoms with Crippen molar-refractivity contribution in [1.29, 1.82) is 5.41 Å². The fourth-order valence-electron chi connectivity index (χ4n) is 2.92. The molecule has 32 heavy (non-hydrogen) atoms. The number of hydrogen-bond donors (Lipinski definition) is 1. The van der Waals surface area contributed by atoms with Crippen molar-refractivity contribution in [3.05, 3.63) is 47.2 Å². The largest absolute Gasteiger partial charge is 0.484 e. The van der Waals surface area contributed by atoms with E-state index in [0.29, 0.717) is 22.2 Å². The molecule has 1 aromatic heterocycles. The molecule has 0 radical (unpaired) electrons. The maximum atomic E-state index is 13.2. The van der Waals surface area contributed by atoms with E-state index < -0.39 is 35.8 Å². The molecule has 1 heterocycles. The quantitative estimate of drug-likeness (QED) is 0.248. The third-order valence-electron chi connectivity index (χ3n) is 4.45. The summed E-state index contributed by atoms with van der Waals surface area (Å²) in [6.07, 6.45) is -3.38. The molecule has 2 atom stereocenters. The second-order valence-corrected chi connectivity index (χ2v) is 8.30. The second-order valence-electron chi connectivity index (χ2n) is 6.96. The number of fused-ring (bicyclic) bond motifs is 1. The summed E-state index contributed by atoms with van der Waals surface area (Å²) < 4.78 is 62.5. The summed E-state index contributed by atoms with van der Waals surface area (Å²) in [5.41, 5.74) is 2.02. The van der Waals surface area contributed by atoms with Crippen LogP contribution in [0, 0.1) is 5.41 Å². The van der Waals surface area contributed by atoms with E-state index in [9.17, 15) is 22.2 Å². The van der Waals surface area contributed by atoms with Crippen LogP contribution in [-0.2, 0) is 25.1 Å². The minimum absolute atomic E-state index is 0.0489. The number of nitrogens with zero attached hydrogens (tertiary/aromatic N) is 2. The molecule has 1 N–H and O–H groups in total. The van der Waals surface area contributed by atoms with Crippen LogP contribution in [0.25, 0.3) is 11.0 Å². The van der Waals surface area contributed by atoms with Gasteiger partial charge in [0.2, 0.25) is 5.16 Å². The van der Waals surface area contributed by atoms with Crippen LogP contribution in [0.1, 0.15) is 33.9 Å². The van der Waals surface area contributed by atoms with Gasteiger partial charge in [-0.25, -0.2) is 4.98 Å². The second kappa shape index (κ2) is 10.6. The summed E-state index contributed by atoms with van der Waals surface area (Å²) in [7, 11) is -1.71. The minimum atomic E-state index is -4.53. The maximum Gasteiger partial charge on any atom is 0.422 e. The molecule has 0 fully saturated rings. The molecule has 0 aliphatic carbocycles. The monoisotopic (exact) mass is 471 g/mol. The number of para-hydroxylation sites is 2. The van der Waals surface area contributed by atoms with Crippen molar-refractivity contribution in [2.75, 3.05) is 12.4 Å². The third kappa shape index (κ3) is 6.52.